The van der Waals surface area contributed by atoms with Crippen LogP contribution in [0, 0.1) is 17.2 Å². The molecule has 0 saturated carbocycles. The number of amides is 1. The topological polar surface area (TPSA) is 60.2 Å². The van der Waals surface area contributed by atoms with Crippen molar-refractivity contribution >= 4 is 11.7 Å². The lowest BCUT2D eigenvalue weighted by Gasteiger charge is -2.37. The molecule has 1 saturated heterocycles. The first-order valence-corrected chi connectivity index (χ1v) is 10.5. The number of hydrogen-bond acceptors (Lipinski definition) is 4. The number of pyridine rings is 1. The van der Waals surface area contributed by atoms with Gasteiger partial charge < -0.3 is 9.80 Å². The number of piperazine rings is 1. The Balaban J connectivity index is 1.89. The predicted molar refractivity (Wildman–Crippen MR) is 108 cm³/mol. The Bertz CT molecular complexity index is 727. The number of aromatic nitrogens is 1. The largest absolute Gasteiger partial charge is 0.352 e. The highest BCUT2D eigenvalue weighted by molar-refractivity contribution is 5.78. The number of nitrogens with zero attached hydrogens (tertiary/aromatic N) is 4. The molecule has 0 unspecified atom stereocenters. The van der Waals surface area contributed by atoms with Crippen molar-refractivity contribution in [2.45, 2.75) is 65.7 Å². The van der Waals surface area contributed by atoms with Gasteiger partial charge in [-0.3, -0.25) is 4.79 Å². The Kier molecular flexibility index (Phi) is 6.36. The quantitative estimate of drug-likeness (QED) is 0.798. The molecule has 1 amide bonds. The van der Waals surface area contributed by atoms with E-state index in [1.165, 1.54) is 23.2 Å². The lowest BCUT2D eigenvalue weighted by molar-refractivity contribution is -0.134. The average Bonchev–Trinajstić information content (AvgIpc) is 2.71. The molecule has 1 aromatic heterocycles. The van der Waals surface area contributed by atoms with Crippen molar-refractivity contribution < 1.29 is 4.79 Å². The van der Waals surface area contributed by atoms with Gasteiger partial charge in [0.25, 0.3) is 0 Å². The zero-order valence-corrected chi connectivity index (χ0v) is 17.1. The second-order valence-corrected chi connectivity index (χ2v) is 8.10. The molecule has 146 valence electrons. The maximum absolute atomic E-state index is 12.3. The highest BCUT2D eigenvalue weighted by Gasteiger charge is 2.28. The van der Waals surface area contributed by atoms with E-state index in [-0.39, 0.29) is 11.8 Å². The van der Waals surface area contributed by atoms with Gasteiger partial charge >= 0.3 is 0 Å². The van der Waals surface area contributed by atoms with Gasteiger partial charge in [0.15, 0.2) is 0 Å². The van der Waals surface area contributed by atoms with E-state index < -0.39 is 0 Å². The summed E-state index contributed by atoms with van der Waals surface area (Å²) < 4.78 is 0. The smallest absolute Gasteiger partial charge is 0.225 e. The molecule has 27 heavy (non-hydrogen) atoms. The molecule has 0 radical (unpaired) electrons. The molecule has 2 heterocycles. The van der Waals surface area contributed by atoms with Gasteiger partial charge in [-0.25, -0.2) is 4.98 Å². The maximum Gasteiger partial charge on any atom is 0.225 e. The number of fused-ring (bicyclic) bond motifs is 1. The second-order valence-electron chi connectivity index (χ2n) is 8.10. The summed E-state index contributed by atoms with van der Waals surface area (Å²) in [5, 5.41) is 9.90. The van der Waals surface area contributed by atoms with Crippen LogP contribution < -0.4 is 4.90 Å². The number of carbonyl (C=O) groups excluding carboxylic acids is 1. The number of aryl methyl sites for hydroxylation is 1. The predicted octanol–water partition coefficient (Wildman–Crippen LogP) is 3.48. The van der Waals surface area contributed by atoms with Crippen molar-refractivity contribution in [2.75, 3.05) is 31.1 Å². The van der Waals surface area contributed by atoms with Crippen molar-refractivity contribution in [3.8, 4) is 6.07 Å². The first-order chi connectivity index (χ1) is 13.1. The van der Waals surface area contributed by atoms with E-state index in [2.05, 4.69) is 17.9 Å². The minimum atomic E-state index is 0.0359. The highest BCUT2D eigenvalue weighted by Crippen LogP contribution is 2.33. The number of anilines is 1. The Morgan fingerprint density at radius 2 is 1.81 bits per heavy atom. The van der Waals surface area contributed by atoms with Gasteiger partial charge in [-0.2, -0.15) is 5.26 Å². The zero-order valence-electron chi connectivity index (χ0n) is 17.1. The molecule has 1 fully saturated rings. The van der Waals surface area contributed by atoms with Gasteiger partial charge in [0.2, 0.25) is 5.91 Å². The van der Waals surface area contributed by atoms with Crippen LogP contribution in [-0.2, 0) is 24.1 Å². The van der Waals surface area contributed by atoms with Crippen molar-refractivity contribution in [3.63, 3.8) is 0 Å². The van der Waals surface area contributed by atoms with Gasteiger partial charge in [-0.15, -0.1) is 0 Å². The summed E-state index contributed by atoms with van der Waals surface area (Å²) in [6.07, 6.45) is 7.72. The molecule has 1 aliphatic carbocycles. The van der Waals surface area contributed by atoms with E-state index >= 15 is 0 Å². The number of rotatable bonds is 5. The van der Waals surface area contributed by atoms with Crippen LogP contribution >= 0.6 is 0 Å². The third-order valence-corrected chi connectivity index (χ3v) is 5.85. The third-order valence-electron chi connectivity index (χ3n) is 5.85. The molecule has 0 atom stereocenters. The monoisotopic (exact) mass is 368 g/mol. The lowest BCUT2D eigenvalue weighted by atomic mass is 9.86. The molecule has 1 aliphatic heterocycles. The summed E-state index contributed by atoms with van der Waals surface area (Å²) in [7, 11) is 0. The summed E-state index contributed by atoms with van der Waals surface area (Å²) in [5.74, 6) is 1.12. The van der Waals surface area contributed by atoms with E-state index in [9.17, 15) is 10.1 Å². The molecule has 1 aromatic rings. The van der Waals surface area contributed by atoms with Crippen LogP contribution in [0.5, 0.6) is 0 Å². The minimum absolute atomic E-state index is 0.0359. The number of hydrogen-bond donors (Lipinski definition) is 0. The van der Waals surface area contributed by atoms with Crippen LogP contribution in [0.1, 0.15) is 68.8 Å². The summed E-state index contributed by atoms with van der Waals surface area (Å²) in [4.78, 5) is 21.5. The molecule has 0 aromatic carbocycles. The summed E-state index contributed by atoms with van der Waals surface area (Å²) in [5.41, 5.74) is 4.60. The third kappa shape index (κ3) is 4.10. The molecule has 0 bridgehead atoms. The Morgan fingerprint density at radius 3 is 2.41 bits per heavy atom. The summed E-state index contributed by atoms with van der Waals surface area (Å²) in [6.45, 7) is 9.05. The average molecular weight is 369 g/mol. The van der Waals surface area contributed by atoms with Crippen molar-refractivity contribution in [2.24, 2.45) is 5.92 Å². The second kappa shape index (κ2) is 8.73. The van der Waals surface area contributed by atoms with Gasteiger partial charge in [-0.1, -0.05) is 27.2 Å². The normalized spacial score (nSPS) is 17.0. The number of nitriles is 1. The molecule has 5 heteroatoms. The lowest BCUT2D eigenvalue weighted by Crippen LogP contribution is -2.50. The van der Waals surface area contributed by atoms with Gasteiger partial charge in [0.1, 0.15) is 11.9 Å². The van der Waals surface area contributed by atoms with Gasteiger partial charge in [0, 0.05) is 37.8 Å². The van der Waals surface area contributed by atoms with Crippen molar-refractivity contribution in [1.29, 1.82) is 5.26 Å². The van der Waals surface area contributed by atoms with Crippen LogP contribution in [0.25, 0.3) is 0 Å². The van der Waals surface area contributed by atoms with E-state index in [0.717, 1.165) is 63.0 Å². The van der Waals surface area contributed by atoms with Crippen LogP contribution in [0.3, 0.4) is 0 Å². The highest BCUT2D eigenvalue weighted by atomic mass is 16.2. The Labute approximate surface area is 163 Å². The fraction of sp³-hybridized carbons (Fsp3) is 0.682. The fourth-order valence-corrected chi connectivity index (χ4v) is 4.29. The number of unbranched alkanes of at least 4 members (excludes halogenated alkanes) is 1. The maximum atomic E-state index is 12.3. The molecule has 0 spiro atoms. The van der Waals surface area contributed by atoms with Crippen LogP contribution in [-0.4, -0.2) is 42.0 Å². The Morgan fingerprint density at radius 1 is 1.15 bits per heavy atom. The zero-order chi connectivity index (χ0) is 19.4. The van der Waals surface area contributed by atoms with Crippen molar-refractivity contribution in [3.05, 3.63) is 22.4 Å². The van der Waals surface area contributed by atoms with Gasteiger partial charge in [0.05, 0.1) is 5.56 Å². The van der Waals surface area contributed by atoms with E-state index in [0.29, 0.717) is 13.1 Å². The Hall–Kier alpha value is -2.09. The molecule has 5 nitrogen and oxygen atoms in total. The van der Waals surface area contributed by atoms with E-state index in [4.69, 9.17) is 4.98 Å². The van der Waals surface area contributed by atoms with Crippen LogP contribution in [0.2, 0.25) is 0 Å². The van der Waals surface area contributed by atoms with Crippen LogP contribution in [0.15, 0.2) is 0 Å². The molecular formula is C22H32N4O. The number of carbonyl (C=O) groups is 1. The molecular weight excluding hydrogens is 336 g/mol. The van der Waals surface area contributed by atoms with Gasteiger partial charge in [-0.05, 0) is 49.7 Å². The molecule has 0 N–H and O–H groups in total. The van der Waals surface area contributed by atoms with Crippen LogP contribution in [0.4, 0.5) is 5.82 Å². The van der Waals surface area contributed by atoms with E-state index in [1.807, 2.05) is 18.7 Å². The summed E-state index contributed by atoms with van der Waals surface area (Å²) in [6, 6.07) is 2.47. The first-order valence-electron chi connectivity index (χ1n) is 10.5. The first kappa shape index (κ1) is 19.7. The standard InChI is InChI=1S/C22H32N4O/c1-4-5-10-20-18-9-7-6-8-17(18)19(15-23)21(24-20)25-11-13-26(14-12-25)22(27)16(2)3/h16H,4-14H2,1-3H3. The summed E-state index contributed by atoms with van der Waals surface area (Å²) >= 11 is 0. The van der Waals surface area contributed by atoms with E-state index in [1.54, 1.807) is 0 Å². The van der Waals surface area contributed by atoms with Crippen molar-refractivity contribution in [1.82, 2.24) is 9.88 Å². The molecule has 2 aliphatic rings. The minimum Gasteiger partial charge on any atom is -0.352 e. The molecule has 3 rings (SSSR count). The SMILES string of the molecule is CCCCc1nc(N2CCN(C(=O)C(C)C)CC2)c(C#N)c2c1CCCC2. The fourth-order valence-electron chi connectivity index (χ4n) is 4.29.